The fraction of sp³-hybridized carbons (Fsp3) is 0.0833. The van der Waals surface area contributed by atoms with Crippen LogP contribution >= 0.6 is 45.8 Å². The molecule has 3 aromatic rings. The van der Waals surface area contributed by atoms with Crippen molar-refractivity contribution in [3.8, 4) is 17.6 Å². The number of carbonyl (C=O) groups excluding carboxylic acids is 1. The van der Waals surface area contributed by atoms with Crippen molar-refractivity contribution in [1.82, 2.24) is 0 Å². The van der Waals surface area contributed by atoms with Gasteiger partial charge in [0.05, 0.1) is 10.7 Å². The zero-order chi connectivity index (χ0) is 23.1. The molecular formula is C24H17Cl2IN2O3. The van der Waals surface area contributed by atoms with Crippen molar-refractivity contribution in [3.05, 3.63) is 91.0 Å². The van der Waals surface area contributed by atoms with Crippen molar-refractivity contribution >= 4 is 63.5 Å². The van der Waals surface area contributed by atoms with E-state index in [-0.39, 0.29) is 12.2 Å². The number of nitrogens with zero attached hydrogens (tertiary/aromatic N) is 1. The number of nitrogens with one attached hydrogen (secondary N) is 1. The molecule has 0 aliphatic rings. The minimum Gasteiger partial charge on any atom is -0.493 e. The number of hydrogen-bond acceptors (Lipinski definition) is 4. The summed E-state index contributed by atoms with van der Waals surface area (Å²) in [7, 11) is 1.53. The van der Waals surface area contributed by atoms with Gasteiger partial charge in [0.2, 0.25) is 0 Å². The maximum Gasteiger partial charge on any atom is 0.266 e. The highest BCUT2D eigenvalue weighted by atomic mass is 127. The first-order chi connectivity index (χ1) is 15.4. The lowest BCUT2D eigenvalue weighted by Crippen LogP contribution is -2.13. The van der Waals surface area contributed by atoms with Gasteiger partial charge in [0.25, 0.3) is 5.91 Å². The average Bonchev–Trinajstić information content (AvgIpc) is 2.78. The van der Waals surface area contributed by atoms with Crippen LogP contribution in [-0.4, -0.2) is 13.0 Å². The lowest BCUT2D eigenvalue weighted by molar-refractivity contribution is -0.112. The Hall–Kier alpha value is -2.73. The summed E-state index contributed by atoms with van der Waals surface area (Å²) in [6.07, 6.45) is 1.49. The molecule has 0 heterocycles. The lowest BCUT2D eigenvalue weighted by atomic mass is 10.1. The summed E-state index contributed by atoms with van der Waals surface area (Å²) < 4.78 is 12.2. The smallest absolute Gasteiger partial charge is 0.266 e. The Kier molecular flexibility index (Phi) is 8.39. The number of rotatable bonds is 7. The maximum absolute atomic E-state index is 12.5. The molecule has 0 bridgehead atoms. The molecular weight excluding hydrogens is 562 g/mol. The molecule has 32 heavy (non-hydrogen) atoms. The maximum atomic E-state index is 12.5. The largest absolute Gasteiger partial charge is 0.493 e. The highest BCUT2D eigenvalue weighted by Gasteiger charge is 2.15. The second-order valence-corrected chi connectivity index (χ2v) is 8.55. The standard InChI is InChI=1S/C24H17Cl2IN2O3/c1-31-22-12-15(10-17(13-28)24(30)29-19-8-6-18(25)7-9-19)11-21(27)23(22)32-14-16-4-2-3-5-20(16)26/h2-12H,14H2,1H3,(H,29,30)/b17-10-. The van der Waals surface area contributed by atoms with Crippen molar-refractivity contribution in [1.29, 1.82) is 5.26 Å². The molecule has 0 unspecified atom stereocenters. The first-order valence-corrected chi connectivity index (χ1v) is 11.2. The normalized spacial score (nSPS) is 10.9. The molecule has 5 nitrogen and oxygen atoms in total. The molecule has 0 atom stereocenters. The van der Waals surface area contributed by atoms with Gasteiger partial charge in [0, 0.05) is 21.3 Å². The van der Waals surface area contributed by atoms with Crippen LogP contribution < -0.4 is 14.8 Å². The van der Waals surface area contributed by atoms with E-state index < -0.39 is 5.91 Å². The predicted molar refractivity (Wildman–Crippen MR) is 135 cm³/mol. The first kappa shape index (κ1) is 23.9. The number of hydrogen-bond donors (Lipinski definition) is 1. The highest BCUT2D eigenvalue weighted by Crippen LogP contribution is 2.35. The van der Waals surface area contributed by atoms with Gasteiger partial charge in [-0.25, -0.2) is 0 Å². The quantitative estimate of drug-likeness (QED) is 0.192. The topological polar surface area (TPSA) is 71.3 Å². The van der Waals surface area contributed by atoms with Crippen LogP contribution in [0.2, 0.25) is 10.0 Å². The Bertz CT molecular complexity index is 1200. The van der Waals surface area contributed by atoms with Crippen molar-refractivity contribution in [2.45, 2.75) is 6.61 Å². The average molecular weight is 579 g/mol. The van der Waals surface area contributed by atoms with Crippen LogP contribution in [0.1, 0.15) is 11.1 Å². The molecule has 3 rings (SSSR count). The van der Waals surface area contributed by atoms with E-state index >= 15 is 0 Å². The van der Waals surface area contributed by atoms with Crippen LogP contribution in [0.4, 0.5) is 5.69 Å². The second kappa shape index (κ2) is 11.2. The number of methoxy groups -OCH3 is 1. The molecule has 0 saturated heterocycles. The van der Waals surface area contributed by atoms with Crippen molar-refractivity contribution in [2.75, 3.05) is 12.4 Å². The SMILES string of the molecule is COc1cc(/C=C(/C#N)C(=O)Nc2ccc(Cl)cc2)cc(I)c1OCc1ccccc1Cl. The zero-order valence-corrected chi connectivity index (χ0v) is 20.5. The summed E-state index contributed by atoms with van der Waals surface area (Å²) in [6.45, 7) is 0.272. The molecule has 0 aliphatic heterocycles. The summed E-state index contributed by atoms with van der Waals surface area (Å²) in [4.78, 5) is 12.5. The van der Waals surface area contributed by atoms with Gasteiger partial charge in [-0.1, -0.05) is 41.4 Å². The minimum absolute atomic E-state index is 0.0532. The molecule has 0 saturated carbocycles. The zero-order valence-electron chi connectivity index (χ0n) is 16.9. The number of benzene rings is 3. The van der Waals surface area contributed by atoms with E-state index in [1.807, 2.05) is 24.3 Å². The Balaban J connectivity index is 1.82. The van der Waals surface area contributed by atoms with E-state index in [9.17, 15) is 10.1 Å². The van der Waals surface area contributed by atoms with E-state index in [1.54, 1.807) is 42.5 Å². The predicted octanol–water partition coefficient (Wildman–Crippen LogP) is 6.73. The van der Waals surface area contributed by atoms with E-state index in [2.05, 4.69) is 27.9 Å². The lowest BCUT2D eigenvalue weighted by Gasteiger charge is -2.14. The van der Waals surface area contributed by atoms with Gasteiger partial charge in [0.1, 0.15) is 18.2 Å². The molecule has 162 valence electrons. The fourth-order valence-electron chi connectivity index (χ4n) is 2.78. The number of nitriles is 1. The summed E-state index contributed by atoms with van der Waals surface area (Å²) in [5.74, 6) is 0.503. The van der Waals surface area contributed by atoms with Crippen molar-refractivity contribution < 1.29 is 14.3 Å². The van der Waals surface area contributed by atoms with Crippen LogP contribution in [0.25, 0.3) is 6.08 Å². The van der Waals surface area contributed by atoms with Crippen LogP contribution in [0.5, 0.6) is 11.5 Å². The van der Waals surface area contributed by atoms with Crippen molar-refractivity contribution in [2.24, 2.45) is 0 Å². The van der Waals surface area contributed by atoms with Crippen LogP contribution in [-0.2, 0) is 11.4 Å². The van der Waals surface area contributed by atoms with E-state index in [0.29, 0.717) is 32.8 Å². The van der Waals surface area contributed by atoms with Crippen LogP contribution in [0.15, 0.2) is 66.2 Å². The fourth-order valence-corrected chi connectivity index (χ4v) is 3.87. The van der Waals surface area contributed by atoms with E-state index in [1.165, 1.54) is 13.2 Å². The molecule has 0 spiro atoms. The Labute approximate surface area is 209 Å². The van der Waals surface area contributed by atoms with Gasteiger partial charge in [-0.15, -0.1) is 0 Å². The molecule has 1 N–H and O–H groups in total. The molecule has 3 aromatic carbocycles. The molecule has 8 heteroatoms. The van der Waals surface area contributed by atoms with Gasteiger partial charge in [-0.3, -0.25) is 4.79 Å². The molecule has 0 aromatic heterocycles. The summed E-state index contributed by atoms with van der Waals surface area (Å²) >= 11 is 14.2. The summed E-state index contributed by atoms with van der Waals surface area (Å²) in [6, 6.07) is 19.5. The number of carbonyl (C=O) groups is 1. The molecule has 0 fully saturated rings. The molecule has 0 aliphatic carbocycles. The number of anilines is 1. The second-order valence-electron chi connectivity index (χ2n) is 6.55. The Morgan fingerprint density at radius 3 is 2.53 bits per heavy atom. The third-order valence-corrected chi connectivity index (χ3v) is 5.78. The van der Waals surface area contributed by atoms with E-state index in [4.69, 9.17) is 32.7 Å². The molecule has 0 radical (unpaired) electrons. The van der Waals surface area contributed by atoms with Gasteiger partial charge < -0.3 is 14.8 Å². The minimum atomic E-state index is -0.525. The van der Waals surface area contributed by atoms with Gasteiger partial charge in [-0.2, -0.15) is 5.26 Å². The van der Waals surface area contributed by atoms with E-state index in [0.717, 1.165) is 9.13 Å². The van der Waals surface area contributed by atoms with Crippen molar-refractivity contribution in [3.63, 3.8) is 0 Å². The highest BCUT2D eigenvalue weighted by molar-refractivity contribution is 14.1. The monoisotopic (exact) mass is 578 g/mol. The third kappa shape index (κ3) is 6.16. The summed E-state index contributed by atoms with van der Waals surface area (Å²) in [5, 5.41) is 13.3. The number of ether oxygens (including phenoxy) is 2. The number of halogens is 3. The van der Waals surface area contributed by atoms with Gasteiger partial charge in [-0.05, 0) is 76.7 Å². The Morgan fingerprint density at radius 1 is 1.16 bits per heavy atom. The first-order valence-electron chi connectivity index (χ1n) is 9.33. The van der Waals surface area contributed by atoms with Gasteiger partial charge in [0.15, 0.2) is 11.5 Å². The third-order valence-electron chi connectivity index (χ3n) is 4.36. The Morgan fingerprint density at radius 2 is 1.88 bits per heavy atom. The van der Waals surface area contributed by atoms with Crippen LogP contribution in [0.3, 0.4) is 0 Å². The molecule has 1 amide bonds. The van der Waals surface area contributed by atoms with Gasteiger partial charge >= 0.3 is 0 Å². The number of amides is 1. The summed E-state index contributed by atoms with van der Waals surface area (Å²) in [5.41, 5.74) is 1.96. The van der Waals surface area contributed by atoms with Crippen LogP contribution in [0, 0.1) is 14.9 Å².